The third-order valence-electron chi connectivity index (χ3n) is 1.78. The number of nitrogens with one attached hydrogen (secondary N) is 1. The Bertz CT molecular complexity index is 428. The molecule has 0 aliphatic rings. The fraction of sp³-hybridized carbons (Fsp3) is 0.100. The van der Waals surface area contributed by atoms with E-state index in [1.54, 1.807) is 0 Å². The largest absolute Gasteiger partial charge is 0.347 e. The van der Waals surface area contributed by atoms with Crippen LogP contribution in [0.25, 0.3) is 0 Å². The van der Waals surface area contributed by atoms with E-state index in [1.165, 1.54) is 24.3 Å². The van der Waals surface area contributed by atoms with Crippen LogP contribution in [0.15, 0.2) is 35.9 Å². The monoisotopic (exact) mass is 240 g/mol. The Morgan fingerprint density at radius 2 is 2.00 bits per heavy atom. The van der Waals surface area contributed by atoms with Crippen LogP contribution in [0.3, 0.4) is 0 Å². The van der Waals surface area contributed by atoms with Crippen LogP contribution in [0.2, 0.25) is 0 Å². The number of hydrogen-bond acceptors (Lipinski definition) is 3. The molecule has 0 aliphatic carbocycles. The van der Waals surface area contributed by atoms with Gasteiger partial charge in [-0.3, -0.25) is 14.9 Å². The van der Waals surface area contributed by atoms with Crippen molar-refractivity contribution < 1.29 is 9.72 Å². The first-order valence-electron chi connectivity index (χ1n) is 4.36. The third kappa shape index (κ3) is 3.36. The van der Waals surface area contributed by atoms with Crippen molar-refractivity contribution in [2.75, 3.05) is 6.54 Å². The molecule has 0 saturated heterocycles. The average molecular weight is 241 g/mol. The number of nitro benzene ring substituents is 1. The zero-order valence-electron chi connectivity index (χ0n) is 8.27. The number of rotatable bonds is 4. The molecule has 16 heavy (non-hydrogen) atoms. The molecule has 0 aromatic heterocycles. The Kier molecular flexibility index (Phi) is 4.02. The molecule has 1 aromatic rings. The van der Waals surface area contributed by atoms with Crippen LogP contribution in [-0.4, -0.2) is 17.4 Å². The Labute approximate surface area is 96.9 Å². The molecule has 0 saturated carbocycles. The van der Waals surface area contributed by atoms with E-state index in [0.717, 1.165) is 0 Å². The molecule has 1 amide bonds. The first kappa shape index (κ1) is 12.2. The van der Waals surface area contributed by atoms with Crippen LogP contribution in [0, 0.1) is 10.1 Å². The molecule has 5 nitrogen and oxygen atoms in total. The highest BCUT2D eigenvalue weighted by atomic mass is 35.5. The standard InChI is InChI=1S/C10H9ClN2O3/c1-7(11)6-12-10(14)8-2-4-9(5-3-8)13(15)16/h2-5H,1,6H2,(H,12,14). The molecule has 1 N–H and O–H groups in total. The van der Waals surface area contributed by atoms with Gasteiger partial charge in [0.05, 0.1) is 11.5 Å². The number of nitrogens with zero attached hydrogens (tertiary/aromatic N) is 1. The lowest BCUT2D eigenvalue weighted by Gasteiger charge is -2.03. The number of amides is 1. The van der Waals surface area contributed by atoms with Crippen LogP contribution >= 0.6 is 11.6 Å². The fourth-order valence-electron chi connectivity index (χ4n) is 1.01. The molecule has 6 heteroatoms. The Morgan fingerprint density at radius 1 is 1.44 bits per heavy atom. The second-order valence-electron chi connectivity index (χ2n) is 3.00. The van der Waals surface area contributed by atoms with Gasteiger partial charge in [0.2, 0.25) is 0 Å². The van der Waals surface area contributed by atoms with Crippen molar-refractivity contribution >= 4 is 23.2 Å². The summed E-state index contributed by atoms with van der Waals surface area (Å²) in [6.45, 7) is 3.58. The Balaban J connectivity index is 2.70. The summed E-state index contributed by atoms with van der Waals surface area (Å²) in [5.41, 5.74) is 0.279. The lowest BCUT2D eigenvalue weighted by molar-refractivity contribution is -0.384. The van der Waals surface area contributed by atoms with Gasteiger partial charge in [-0.05, 0) is 12.1 Å². The quantitative estimate of drug-likeness (QED) is 0.647. The number of non-ortho nitro benzene ring substituents is 1. The number of carbonyl (C=O) groups is 1. The van der Waals surface area contributed by atoms with E-state index in [9.17, 15) is 14.9 Å². The number of carbonyl (C=O) groups excluding carboxylic acids is 1. The Hall–Kier alpha value is -1.88. The van der Waals surface area contributed by atoms with E-state index < -0.39 is 4.92 Å². The molecule has 0 spiro atoms. The number of nitro groups is 1. The maximum Gasteiger partial charge on any atom is 0.269 e. The molecule has 1 rings (SSSR count). The minimum absolute atomic E-state index is 0.0571. The zero-order chi connectivity index (χ0) is 12.1. The number of hydrogen-bond donors (Lipinski definition) is 1. The van der Waals surface area contributed by atoms with Crippen LogP contribution < -0.4 is 5.32 Å². The van der Waals surface area contributed by atoms with Crippen molar-refractivity contribution in [3.8, 4) is 0 Å². The van der Waals surface area contributed by atoms with Gasteiger partial charge in [-0.2, -0.15) is 0 Å². The van der Waals surface area contributed by atoms with E-state index >= 15 is 0 Å². The van der Waals surface area contributed by atoms with Gasteiger partial charge in [-0.15, -0.1) is 0 Å². The molecule has 1 aromatic carbocycles. The van der Waals surface area contributed by atoms with E-state index in [0.29, 0.717) is 10.6 Å². The summed E-state index contributed by atoms with van der Waals surface area (Å²) in [5, 5.41) is 13.2. The molecule has 0 fully saturated rings. The normalized spacial score (nSPS) is 9.56. The molecule has 0 bridgehead atoms. The van der Waals surface area contributed by atoms with Gasteiger partial charge in [-0.25, -0.2) is 0 Å². The van der Waals surface area contributed by atoms with Gasteiger partial charge in [0, 0.05) is 22.7 Å². The van der Waals surface area contributed by atoms with Gasteiger partial charge in [0.1, 0.15) is 0 Å². The zero-order valence-corrected chi connectivity index (χ0v) is 9.03. The second-order valence-corrected chi connectivity index (χ2v) is 3.54. The summed E-state index contributed by atoms with van der Waals surface area (Å²) in [4.78, 5) is 21.3. The highest BCUT2D eigenvalue weighted by Crippen LogP contribution is 2.11. The van der Waals surface area contributed by atoms with Gasteiger partial charge in [0.25, 0.3) is 11.6 Å². The minimum Gasteiger partial charge on any atom is -0.347 e. The predicted molar refractivity (Wildman–Crippen MR) is 60.4 cm³/mol. The fourth-order valence-corrected chi connectivity index (χ4v) is 1.08. The van der Waals surface area contributed by atoms with Crippen LogP contribution in [0.5, 0.6) is 0 Å². The smallest absolute Gasteiger partial charge is 0.269 e. The van der Waals surface area contributed by atoms with Gasteiger partial charge < -0.3 is 5.32 Å². The van der Waals surface area contributed by atoms with Gasteiger partial charge in [0.15, 0.2) is 0 Å². The molecule has 0 atom stereocenters. The Morgan fingerprint density at radius 3 is 2.44 bits per heavy atom. The lowest BCUT2D eigenvalue weighted by Crippen LogP contribution is -2.24. The van der Waals surface area contributed by atoms with E-state index in [2.05, 4.69) is 11.9 Å². The number of benzene rings is 1. The molecule has 0 aliphatic heterocycles. The van der Waals surface area contributed by atoms with Crippen LogP contribution in [0.4, 0.5) is 5.69 Å². The first-order chi connectivity index (χ1) is 7.50. The summed E-state index contributed by atoms with van der Waals surface area (Å²) in [7, 11) is 0. The summed E-state index contributed by atoms with van der Waals surface area (Å²) < 4.78 is 0. The van der Waals surface area contributed by atoms with Gasteiger partial charge >= 0.3 is 0 Å². The summed E-state index contributed by atoms with van der Waals surface area (Å²) in [5.74, 6) is -0.350. The van der Waals surface area contributed by atoms with Crippen LogP contribution in [0.1, 0.15) is 10.4 Å². The highest BCUT2D eigenvalue weighted by Gasteiger charge is 2.08. The van der Waals surface area contributed by atoms with E-state index in [-0.39, 0.29) is 18.1 Å². The molecule has 0 radical (unpaired) electrons. The summed E-state index contributed by atoms with van der Waals surface area (Å²) in [6, 6.07) is 5.30. The van der Waals surface area contributed by atoms with Crippen molar-refractivity contribution in [2.24, 2.45) is 0 Å². The lowest BCUT2D eigenvalue weighted by atomic mass is 10.2. The maximum atomic E-state index is 11.4. The minimum atomic E-state index is -0.526. The molecule has 0 heterocycles. The summed E-state index contributed by atoms with van der Waals surface area (Å²) >= 11 is 5.48. The van der Waals surface area contributed by atoms with Gasteiger partial charge in [-0.1, -0.05) is 18.2 Å². The van der Waals surface area contributed by atoms with E-state index in [4.69, 9.17) is 11.6 Å². The van der Waals surface area contributed by atoms with E-state index in [1.807, 2.05) is 0 Å². The predicted octanol–water partition coefficient (Wildman–Crippen LogP) is 2.08. The van der Waals surface area contributed by atoms with Crippen molar-refractivity contribution in [3.05, 3.63) is 51.6 Å². The third-order valence-corrected chi connectivity index (χ3v) is 1.91. The number of halogens is 1. The molecular formula is C10H9ClN2O3. The van der Waals surface area contributed by atoms with Crippen LogP contribution in [-0.2, 0) is 0 Å². The highest BCUT2D eigenvalue weighted by molar-refractivity contribution is 6.29. The van der Waals surface area contributed by atoms with Crippen molar-refractivity contribution in [3.63, 3.8) is 0 Å². The average Bonchev–Trinajstić information content (AvgIpc) is 2.26. The maximum absolute atomic E-state index is 11.4. The topological polar surface area (TPSA) is 72.2 Å². The summed E-state index contributed by atoms with van der Waals surface area (Å²) in [6.07, 6.45) is 0. The molecular weight excluding hydrogens is 232 g/mol. The first-order valence-corrected chi connectivity index (χ1v) is 4.74. The van der Waals surface area contributed by atoms with Crippen molar-refractivity contribution in [1.82, 2.24) is 5.32 Å². The SMILES string of the molecule is C=C(Cl)CNC(=O)c1ccc([N+](=O)[O-])cc1. The van der Waals surface area contributed by atoms with Crippen molar-refractivity contribution in [1.29, 1.82) is 0 Å². The second kappa shape index (κ2) is 5.27. The van der Waals surface area contributed by atoms with Crippen molar-refractivity contribution in [2.45, 2.75) is 0 Å². The molecule has 0 unspecified atom stereocenters. The molecule has 84 valence electrons.